The highest BCUT2D eigenvalue weighted by molar-refractivity contribution is 7.15. The predicted molar refractivity (Wildman–Crippen MR) is 173 cm³/mol. The molecule has 2 aromatic heterocycles. The van der Waals surface area contributed by atoms with Crippen molar-refractivity contribution in [2.75, 3.05) is 40.8 Å². The van der Waals surface area contributed by atoms with E-state index in [4.69, 9.17) is 9.92 Å². The molecular formula is C32H42N6O4S. The van der Waals surface area contributed by atoms with Crippen LogP contribution in [-0.2, 0) is 14.5 Å². The minimum absolute atomic E-state index is 0.00662. The second-order valence-corrected chi connectivity index (χ2v) is 10.7. The van der Waals surface area contributed by atoms with Gasteiger partial charge in [0.2, 0.25) is 0 Å². The van der Waals surface area contributed by atoms with Crippen LogP contribution in [0.1, 0.15) is 38.7 Å². The number of ether oxygens (including phenoxy) is 1. The van der Waals surface area contributed by atoms with Crippen LogP contribution < -0.4 is 10.8 Å². The van der Waals surface area contributed by atoms with Crippen molar-refractivity contribution < 1.29 is 19.3 Å². The van der Waals surface area contributed by atoms with Crippen LogP contribution in [0.3, 0.4) is 0 Å². The average molecular weight is 607 g/mol. The third-order valence-electron chi connectivity index (χ3n) is 6.23. The molecule has 1 amide bonds. The molecule has 0 bridgehead atoms. The second-order valence-electron chi connectivity index (χ2n) is 9.88. The number of aromatic nitrogens is 2. The maximum absolute atomic E-state index is 10.1. The molecule has 2 aliphatic rings. The molecule has 0 saturated carbocycles. The molecule has 1 fully saturated rings. The van der Waals surface area contributed by atoms with Gasteiger partial charge in [-0.15, -0.1) is 11.3 Å². The van der Waals surface area contributed by atoms with Crippen LogP contribution in [0.5, 0.6) is 0 Å². The second kappa shape index (κ2) is 17.7. The monoisotopic (exact) mass is 606 g/mol. The summed E-state index contributed by atoms with van der Waals surface area (Å²) < 4.78 is 6.30. The van der Waals surface area contributed by atoms with E-state index in [2.05, 4.69) is 106 Å². The predicted octanol–water partition coefficient (Wildman–Crippen LogP) is 6.08. The van der Waals surface area contributed by atoms with E-state index in [1.54, 1.807) is 16.4 Å². The number of amides is 1. The number of imidazole rings is 1. The number of rotatable bonds is 5. The van der Waals surface area contributed by atoms with Crippen LogP contribution in [0, 0.1) is 0 Å². The van der Waals surface area contributed by atoms with Crippen LogP contribution in [0.25, 0.3) is 33.2 Å². The van der Waals surface area contributed by atoms with E-state index in [1.165, 1.54) is 50.7 Å². The van der Waals surface area contributed by atoms with Gasteiger partial charge in [0.25, 0.3) is 0 Å². The van der Waals surface area contributed by atoms with Crippen LogP contribution in [0.2, 0.25) is 0 Å². The molecule has 0 atom stereocenters. The number of benzene rings is 2. The van der Waals surface area contributed by atoms with E-state index in [0.717, 1.165) is 27.5 Å². The van der Waals surface area contributed by atoms with Crippen molar-refractivity contribution >= 4 is 34.4 Å². The number of hydroxylamine groups is 3. The number of hydrogen-bond acceptors (Lipinski definition) is 9. The van der Waals surface area contributed by atoms with Gasteiger partial charge in [0.15, 0.2) is 4.96 Å². The van der Waals surface area contributed by atoms with Crippen molar-refractivity contribution in [3.05, 3.63) is 77.9 Å². The number of carbonyl (C=O) groups excluding carboxylic acids is 2. The van der Waals surface area contributed by atoms with Gasteiger partial charge in [-0.2, -0.15) is 4.94 Å². The number of likely N-dealkylation sites (tertiary alicyclic amines) is 1. The number of hydrogen-bond donors (Lipinski definition) is 2. The maximum Gasteiger partial charge on any atom is 0.407 e. The van der Waals surface area contributed by atoms with Crippen molar-refractivity contribution in [1.29, 1.82) is 0 Å². The molecule has 2 aromatic carbocycles. The molecular weight excluding hydrogens is 564 g/mol. The molecule has 0 aliphatic carbocycles. The molecule has 10 nitrogen and oxygen atoms in total. The fraction of sp³-hybridized carbons (Fsp3) is 0.344. The SMILES string of the molecule is CCC.CN1C=C(c2ccc(-c3cn4c(-c5ccccc5)csc4n3)cc2)NO1.CN1CCCC1.COC(=O)NCC=O. The Morgan fingerprint density at radius 1 is 1.05 bits per heavy atom. The first kappa shape index (κ1) is 33.3. The van der Waals surface area contributed by atoms with Gasteiger partial charge >= 0.3 is 6.09 Å². The zero-order valence-corrected chi connectivity index (χ0v) is 26.4. The highest BCUT2D eigenvalue weighted by atomic mass is 32.1. The minimum atomic E-state index is -0.586. The Bertz CT molecular complexity index is 1430. The first-order chi connectivity index (χ1) is 20.9. The number of methoxy groups -OCH3 is 1. The first-order valence-electron chi connectivity index (χ1n) is 14.3. The lowest BCUT2D eigenvalue weighted by Gasteiger charge is -2.04. The van der Waals surface area contributed by atoms with Crippen LogP contribution in [0.4, 0.5) is 4.79 Å². The molecule has 11 heteroatoms. The van der Waals surface area contributed by atoms with E-state index >= 15 is 0 Å². The number of nitrogens with one attached hydrogen (secondary N) is 2. The standard InChI is InChI=1S/C20H16N4OS.C5H11N.C4H7NO3.C3H8/c1-23-11-18(22-25-23)15-9-7-14(8-10-15)17-12-24-19(13-26-20(24)21-17)16-5-3-2-4-6-16;1-6-4-2-3-5-6;1-8-4(7)5-2-3-6;1-3-2/h2-13,22H,1H3;2-5H2,1H3;3H,2H2,1H3,(H,5,7);3H2,1-2H3. The fourth-order valence-corrected chi connectivity index (χ4v) is 5.00. The van der Waals surface area contributed by atoms with Gasteiger partial charge < -0.3 is 19.7 Å². The van der Waals surface area contributed by atoms with Gasteiger partial charge in [-0.05, 0) is 38.5 Å². The number of alkyl carbamates (subject to hydrolysis) is 1. The lowest BCUT2D eigenvalue weighted by Crippen LogP contribution is -2.24. The average Bonchev–Trinajstić information content (AvgIpc) is 3.84. The summed E-state index contributed by atoms with van der Waals surface area (Å²) >= 11 is 1.66. The van der Waals surface area contributed by atoms with Crippen LogP contribution in [0.15, 0.2) is 72.4 Å². The van der Waals surface area contributed by atoms with Gasteiger partial charge in [-0.1, -0.05) is 74.9 Å². The Balaban J connectivity index is 0.000000245. The largest absolute Gasteiger partial charge is 0.453 e. The summed E-state index contributed by atoms with van der Waals surface area (Å²) in [5.74, 6) is 0. The van der Waals surface area contributed by atoms with Crippen molar-refractivity contribution in [3.63, 3.8) is 0 Å². The molecule has 0 spiro atoms. The van der Waals surface area contributed by atoms with Gasteiger partial charge in [0, 0.05) is 29.8 Å². The summed E-state index contributed by atoms with van der Waals surface area (Å²) in [6, 6.07) is 18.7. The number of aldehydes is 1. The lowest BCUT2D eigenvalue weighted by molar-refractivity contribution is -0.121. The summed E-state index contributed by atoms with van der Waals surface area (Å²) in [6.07, 6.45) is 8.09. The number of thiazole rings is 1. The van der Waals surface area contributed by atoms with E-state index in [1.807, 2.05) is 19.3 Å². The highest BCUT2D eigenvalue weighted by Gasteiger charge is 2.13. The summed E-state index contributed by atoms with van der Waals surface area (Å²) in [7, 11) is 5.25. The van der Waals surface area contributed by atoms with Crippen molar-refractivity contribution in [1.82, 2.24) is 30.1 Å². The molecule has 0 unspecified atom stereocenters. The van der Waals surface area contributed by atoms with Crippen molar-refractivity contribution in [3.8, 4) is 22.5 Å². The van der Waals surface area contributed by atoms with E-state index in [9.17, 15) is 9.59 Å². The zero-order chi connectivity index (χ0) is 31.0. The fourth-order valence-electron chi connectivity index (χ4n) is 4.12. The lowest BCUT2D eigenvalue weighted by atomic mass is 10.1. The molecule has 4 aromatic rings. The molecule has 1 saturated heterocycles. The van der Waals surface area contributed by atoms with Crippen molar-refractivity contribution in [2.24, 2.45) is 0 Å². The molecule has 43 heavy (non-hydrogen) atoms. The van der Waals surface area contributed by atoms with Gasteiger partial charge in [0.05, 0.1) is 36.9 Å². The van der Waals surface area contributed by atoms with Crippen molar-refractivity contribution in [2.45, 2.75) is 33.1 Å². The maximum atomic E-state index is 10.1. The highest BCUT2D eigenvalue weighted by Crippen LogP contribution is 2.30. The summed E-state index contributed by atoms with van der Waals surface area (Å²) in [5, 5.41) is 5.94. The summed E-state index contributed by atoms with van der Waals surface area (Å²) in [4.78, 5) is 33.0. The number of fused-ring (bicyclic) bond motifs is 1. The molecule has 2 N–H and O–H groups in total. The van der Waals surface area contributed by atoms with E-state index in [-0.39, 0.29) is 6.54 Å². The molecule has 0 radical (unpaired) electrons. The Hall–Kier alpha value is -4.19. The first-order valence-corrected chi connectivity index (χ1v) is 15.2. The third-order valence-corrected chi connectivity index (χ3v) is 7.07. The Morgan fingerprint density at radius 2 is 1.70 bits per heavy atom. The Labute approximate surface area is 257 Å². The minimum Gasteiger partial charge on any atom is -0.453 e. The number of nitrogens with zero attached hydrogens (tertiary/aromatic N) is 4. The van der Waals surface area contributed by atoms with Gasteiger partial charge in [-0.25, -0.2) is 20.3 Å². The van der Waals surface area contributed by atoms with Crippen LogP contribution in [-0.4, -0.2) is 72.6 Å². The molecule has 2 aliphatic heterocycles. The molecule has 4 heterocycles. The smallest absolute Gasteiger partial charge is 0.407 e. The Kier molecular flexibility index (Phi) is 13.7. The quantitative estimate of drug-likeness (QED) is 0.264. The van der Waals surface area contributed by atoms with E-state index < -0.39 is 6.09 Å². The Morgan fingerprint density at radius 3 is 2.23 bits per heavy atom. The van der Waals surface area contributed by atoms with Gasteiger partial charge in [0.1, 0.15) is 6.29 Å². The zero-order valence-electron chi connectivity index (χ0n) is 25.6. The molecule has 6 rings (SSSR count). The van der Waals surface area contributed by atoms with Gasteiger partial charge in [-0.3, -0.25) is 4.40 Å². The summed E-state index contributed by atoms with van der Waals surface area (Å²) in [5.41, 5.74) is 9.34. The van der Waals surface area contributed by atoms with E-state index in [0.29, 0.717) is 6.29 Å². The normalized spacial score (nSPS) is 13.8. The molecule has 230 valence electrons. The third kappa shape index (κ3) is 10.2. The number of carbonyl (C=O) groups is 2. The summed E-state index contributed by atoms with van der Waals surface area (Å²) in [6.45, 7) is 6.90. The van der Waals surface area contributed by atoms with Crippen LogP contribution >= 0.6 is 11.3 Å². The topological polar surface area (TPSA) is 100 Å².